The molecule has 2 aliphatic rings. The minimum Gasteiger partial charge on any atom is -0.370 e. The monoisotopic (exact) mass is 584 g/mol. The Labute approximate surface area is 221 Å². The molecule has 0 bridgehead atoms. The first-order chi connectivity index (χ1) is 16.4. The molecule has 0 radical (unpaired) electrons. The molecule has 3 N–H and O–H groups in total. The standard InChI is InChI=1S/C23H24BrCl3N6O/c24-16-13-30-33-21(12-20(32-22(16)33)15-5-1-2-6-17(15)25)28-9-3-4-10-29-23(34)31-14-7-8-18(26)19(27)11-14/h1-2,6,11-13,15,28H,3-5,7-10H2,(H2,29,31,34). The van der Waals surface area contributed by atoms with Gasteiger partial charge in [-0.05, 0) is 60.2 Å². The van der Waals surface area contributed by atoms with E-state index in [4.69, 9.17) is 39.8 Å². The second kappa shape index (κ2) is 11.6. The number of nitrogens with one attached hydrogen (secondary N) is 3. The van der Waals surface area contributed by atoms with E-state index >= 15 is 0 Å². The first-order valence-electron chi connectivity index (χ1n) is 11.0. The molecule has 2 aromatic heterocycles. The first-order valence-corrected chi connectivity index (χ1v) is 12.9. The summed E-state index contributed by atoms with van der Waals surface area (Å²) < 4.78 is 2.60. The van der Waals surface area contributed by atoms with Gasteiger partial charge in [0, 0.05) is 40.8 Å². The summed E-state index contributed by atoms with van der Waals surface area (Å²) in [6, 6.07) is 1.76. The lowest BCUT2D eigenvalue weighted by atomic mass is 9.96. The van der Waals surface area contributed by atoms with Crippen LogP contribution < -0.4 is 16.0 Å². The molecule has 180 valence electrons. The van der Waals surface area contributed by atoms with Gasteiger partial charge in [0.2, 0.25) is 0 Å². The van der Waals surface area contributed by atoms with Crippen molar-refractivity contribution in [2.45, 2.75) is 38.0 Å². The Kier molecular flexibility index (Phi) is 8.58. The van der Waals surface area contributed by atoms with Gasteiger partial charge in [-0.1, -0.05) is 47.0 Å². The molecule has 2 aromatic rings. The molecule has 34 heavy (non-hydrogen) atoms. The number of carbonyl (C=O) groups excluding carboxylic acids is 1. The smallest absolute Gasteiger partial charge is 0.318 e. The molecule has 2 aliphatic carbocycles. The van der Waals surface area contributed by atoms with E-state index in [-0.39, 0.29) is 11.9 Å². The van der Waals surface area contributed by atoms with Gasteiger partial charge in [-0.2, -0.15) is 9.61 Å². The van der Waals surface area contributed by atoms with Crippen molar-refractivity contribution in [2.24, 2.45) is 0 Å². The van der Waals surface area contributed by atoms with E-state index in [2.05, 4.69) is 43.1 Å². The summed E-state index contributed by atoms with van der Waals surface area (Å²) in [6.45, 7) is 1.28. The van der Waals surface area contributed by atoms with Gasteiger partial charge < -0.3 is 16.0 Å². The second-order valence-electron chi connectivity index (χ2n) is 8.00. The average molecular weight is 587 g/mol. The third-order valence-electron chi connectivity index (χ3n) is 5.55. The highest BCUT2D eigenvalue weighted by Gasteiger charge is 2.20. The summed E-state index contributed by atoms with van der Waals surface area (Å²) in [5.74, 6) is 0.880. The van der Waals surface area contributed by atoms with Crippen molar-refractivity contribution >= 4 is 68.2 Å². The van der Waals surface area contributed by atoms with Crippen LogP contribution in [0.4, 0.5) is 10.6 Å². The molecular formula is C23H24BrCl3N6O. The minimum atomic E-state index is -0.241. The van der Waals surface area contributed by atoms with E-state index in [1.807, 2.05) is 18.2 Å². The molecule has 7 nitrogen and oxygen atoms in total. The molecule has 0 aromatic carbocycles. The molecular weight excluding hydrogens is 563 g/mol. The number of nitrogens with zero attached hydrogens (tertiary/aromatic N) is 3. The first kappa shape index (κ1) is 25.1. The molecule has 1 unspecified atom stereocenters. The Hall–Kier alpha value is -2.00. The summed E-state index contributed by atoms with van der Waals surface area (Å²) in [7, 11) is 0. The lowest BCUT2D eigenvalue weighted by Gasteiger charge is -2.18. The number of urea groups is 1. The van der Waals surface area contributed by atoms with Crippen molar-refractivity contribution in [3.05, 3.63) is 67.5 Å². The maximum absolute atomic E-state index is 12.1. The largest absolute Gasteiger partial charge is 0.370 e. The molecule has 11 heteroatoms. The average Bonchev–Trinajstić information content (AvgIpc) is 3.19. The van der Waals surface area contributed by atoms with Crippen molar-refractivity contribution in [3.63, 3.8) is 0 Å². The zero-order valence-electron chi connectivity index (χ0n) is 18.3. The molecule has 0 saturated heterocycles. The molecule has 4 rings (SSSR count). The minimum absolute atomic E-state index is 0.0300. The molecule has 0 aliphatic heterocycles. The fourth-order valence-corrected chi connectivity index (χ4v) is 4.75. The van der Waals surface area contributed by atoms with E-state index < -0.39 is 0 Å². The van der Waals surface area contributed by atoms with Crippen LogP contribution in [0.5, 0.6) is 0 Å². The Balaban J connectivity index is 1.28. The van der Waals surface area contributed by atoms with Crippen LogP contribution in [0.2, 0.25) is 0 Å². The summed E-state index contributed by atoms with van der Waals surface area (Å²) >= 11 is 22.0. The number of fused-ring (bicyclic) bond motifs is 1. The van der Waals surface area contributed by atoms with Crippen molar-refractivity contribution in [2.75, 3.05) is 18.4 Å². The third kappa shape index (κ3) is 6.16. The predicted octanol–water partition coefficient (Wildman–Crippen LogP) is 6.52. The highest BCUT2D eigenvalue weighted by molar-refractivity contribution is 9.10. The summed E-state index contributed by atoms with van der Waals surface area (Å²) in [6.07, 6.45) is 13.2. The van der Waals surface area contributed by atoms with E-state index in [1.165, 1.54) is 0 Å². The quantitative estimate of drug-likeness (QED) is 0.308. The van der Waals surface area contributed by atoms with Crippen LogP contribution in [0.1, 0.15) is 43.7 Å². The summed E-state index contributed by atoms with van der Waals surface area (Å²) in [5, 5.41) is 15.4. The lowest BCUT2D eigenvalue weighted by molar-refractivity contribution is 0.243. The number of anilines is 1. The number of hydrogen-bond acceptors (Lipinski definition) is 4. The predicted molar refractivity (Wildman–Crippen MR) is 141 cm³/mol. The zero-order chi connectivity index (χ0) is 24.1. The van der Waals surface area contributed by atoms with Crippen LogP contribution >= 0.6 is 50.7 Å². The van der Waals surface area contributed by atoms with Crippen LogP contribution in [0.25, 0.3) is 5.65 Å². The van der Waals surface area contributed by atoms with E-state index in [1.54, 1.807) is 16.8 Å². The third-order valence-corrected chi connectivity index (χ3v) is 7.32. The summed E-state index contributed by atoms with van der Waals surface area (Å²) in [4.78, 5) is 16.9. The Morgan fingerprint density at radius 1 is 1.21 bits per heavy atom. The number of hydrogen-bond donors (Lipinski definition) is 3. The van der Waals surface area contributed by atoms with Crippen molar-refractivity contribution in [3.8, 4) is 0 Å². The number of allylic oxidation sites excluding steroid dienone is 8. The Morgan fingerprint density at radius 2 is 2.03 bits per heavy atom. The van der Waals surface area contributed by atoms with Gasteiger partial charge in [0.05, 0.1) is 21.4 Å². The summed E-state index contributed by atoms with van der Waals surface area (Å²) in [5.41, 5.74) is 2.40. The molecule has 0 fully saturated rings. The number of amides is 2. The van der Waals surface area contributed by atoms with E-state index in [0.29, 0.717) is 29.5 Å². The fourth-order valence-electron chi connectivity index (χ4n) is 3.75. The van der Waals surface area contributed by atoms with Crippen LogP contribution in [-0.4, -0.2) is 33.7 Å². The maximum Gasteiger partial charge on any atom is 0.318 e. The van der Waals surface area contributed by atoms with Crippen LogP contribution in [-0.2, 0) is 0 Å². The molecule has 0 saturated carbocycles. The van der Waals surface area contributed by atoms with Crippen molar-refractivity contribution < 1.29 is 4.79 Å². The van der Waals surface area contributed by atoms with Gasteiger partial charge in [0.25, 0.3) is 0 Å². The highest BCUT2D eigenvalue weighted by Crippen LogP contribution is 2.34. The second-order valence-corrected chi connectivity index (χ2v) is 10.2. The fraction of sp³-hybridized carbons (Fsp3) is 0.348. The van der Waals surface area contributed by atoms with Gasteiger partial charge in [0.15, 0.2) is 5.65 Å². The molecule has 0 spiro atoms. The number of unbranched alkanes of at least 4 members (excludes halogenated alkanes) is 1. The Bertz CT molecular complexity index is 1200. The maximum atomic E-state index is 12.1. The number of aromatic nitrogens is 3. The van der Waals surface area contributed by atoms with Crippen molar-refractivity contribution in [1.82, 2.24) is 25.2 Å². The van der Waals surface area contributed by atoms with Gasteiger partial charge in [-0.15, -0.1) is 0 Å². The van der Waals surface area contributed by atoms with E-state index in [9.17, 15) is 4.79 Å². The number of rotatable bonds is 8. The van der Waals surface area contributed by atoms with Gasteiger partial charge in [0.1, 0.15) is 5.82 Å². The van der Waals surface area contributed by atoms with Gasteiger partial charge in [-0.3, -0.25) is 0 Å². The molecule has 2 amide bonds. The molecule has 2 heterocycles. The van der Waals surface area contributed by atoms with Crippen molar-refractivity contribution in [1.29, 1.82) is 0 Å². The van der Waals surface area contributed by atoms with Crippen LogP contribution in [0.3, 0.4) is 0 Å². The van der Waals surface area contributed by atoms with Gasteiger partial charge in [-0.25, -0.2) is 9.78 Å². The Morgan fingerprint density at radius 3 is 2.82 bits per heavy atom. The van der Waals surface area contributed by atoms with Gasteiger partial charge >= 0.3 is 6.03 Å². The normalized spacial score (nSPS) is 18.1. The SMILES string of the molecule is O=C(NCCCCNc1cc(C2CC=CC=C2Cl)nc2c(Br)cnn12)NC1=CC(Cl)=C(Cl)CC1. The number of halogens is 4. The zero-order valence-corrected chi connectivity index (χ0v) is 22.1. The topological polar surface area (TPSA) is 83.3 Å². The molecule has 1 atom stereocenters. The lowest BCUT2D eigenvalue weighted by Crippen LogP contribution is -2.36. The van der Waals surface area contributed by atoms with E-state index in [0.717, 1.165) is 58.2 Å². The highest BCUT2D eigenvalue weighted by atomic mass is 79.9. The van der Waals surface area contributed by atoms with Crippen LogP contribution in [0.15, 0.2) is 61.8 Å². The number of carbonyl (C=O) groups is 1. The van der Waals surface area contributed by atoms with Crippen LogP contribution in [0, 0.1) is 0 Å².